The van der Waals surface area contributed by atoms with Crippen molar-refractivity contribution >= 4 is 0 Å². The van der Waals surface area contributed by atoms with Crippen LogP contribution in [0.25, 0.3) is 0 Å². The van der Waals surface area contributed by atoms with Gasteiger partial charge in [-0.1, -0.05) is 0 Å². The lowest BCUT2D eigenvalue weighted by Gasteiger charge is -2.33. The molecule has 0 radical (unpaired) electrons. The molecule has 1 aromatic heterocycles. The number of nitrogens with one attached hydrogen (secondary N) is 1. The second-order valence-electron chi connectivity index (χ2n) is 4.84. The van der Waals surface area contributed by atoms with Gasteiger partial charge in [0, 0.05) is 26.1 Å². The van der Waals surface area contributed by atoms with E-state index in [9.17, 15) is 8.78 Å². The minimum Gasteiger partial charge on any atom is -0.311 e. The molecule has 1 aliphatic carbocycles. The van der Waals surface area contributed by atoms with Crippen LogP contribution in [0.2, 0.25) is 0 Å². The Balaban J connectivity index is 2.08. The van der Waals surface area contributed by atoms with E-state index >= 15 is 0 Å². The summed E-state index contributed by atoms with van der Waals surface area (Å²) >= 11 is 0. The zero-order chi connectivity index (χ0) is 12.5. The summed E-state index contributed by atoms with van der Waals surface area (Å²) in [6, 6.07) is 2.08. The Morgan fingerprint density at radius 3 is 2.59 bits per heavy atom. The lowest BCUT2D eigenvalue weighted by Crippen LogP contribution is -2.33. The van der Waals surface area contributed by atoms with Crippen molar-refractivity contribution in [3.8, 4) is 0 Å². The minimum atomic E-state index is -2.46. The SMILES string of the molecule is CNC(c1ccnn1C)C1CCC(F)(F)CC1. The number of rotatable bonds is 3. The number of halogens is 2. The third-order valence-electron chi connectivity index (χ3n) is 3.72. The molecule has 1 fully saturated rings. The van der Waals surface area contributed by atoms with Crippen LogP contribution in [-0.2, 0) is 7.05 Å². The van der Waals surface area contributed by atoms with Crippen LogP contribution in [0.15, 0.2) is 12.3 Å². The van der Waals surface area contributed by atoms with E-state index in [1.54, 1.807) is 6.20 Å². The highest BCUT2D eigenvalue weighted by atomic mass is 19.3. The lowest BCUT2D eigenvalue weighted by atomic mass is 9.81. The Labute approximate surface area is 100 Å². The summed E-state index contributed by atoms with van der Waals surface area (Å²) in [6.45, 7) is 0. The number of hydrogen-bond acceptors (Lipinski definition) is 2. The monoisotopic (exact) mass is 243 g/mol. The summed E-state index contributed by atoms with van der Waals surface area (Å²) in [4.78, 5) is 0. The largest absolute Gasteiger partial charge is 0.311 e. The van der Waals surface area contributed by atoms with Crippen molar-refractivity contribution in [3.63, 3.8) is 0 Å². The summed E-state index contributed by atoms with van der Waals surface area (Å²) in [5.41, 5.74) is 1.07. The van der Waals surface area contributed by atoms with Crippen LogP contribution in [0.5, 0.6) is 0 Å². The van der Waals surface area contributed by atoms with E-state index in [4.69, 9.17) is 0 Å². The first-order valence-corrected chi connectivity index (χ1v) is 6.06. The number of nitrogens with zero attached hydrogens (tertiary/aromatic N) is 2. The zero-order valence-corrected chi connectivity index (χ0v) is 10.3. The van der Waals surface area contributed by atoms with Gasteiger partial charge in [0.25, 0.3) is 0 Å². The average molecular weight is 243 g/mol. The Kier molecular flexibility index (Phi) is 3.47. The molecule has 1 saturated carbocycles. The predicted molar refractivity (Wildman–Crippen MR) is 61.9 cm³/mol. The Morgan fingerprint density at radius 2 is 2.12 bits per heavy atom. The van der Waals surface area contributed by atoms with Crippen LogP contribution < -0.4 is 5.32 Å². The van der Waals surface area contributed by atoms with Crippen LogP contribution in [-0.4, -0.2) is 22.8 Å². The van der Waals surface area contributed by atoms with Crippen molar-refractivity contribution in [2.45, 2.75) is 37.6 Å². The van der Waals surface area contributed by atoms with E-state index in [1.807, 2.05) is 24.8 Å². The van der Waals surface area contributed by atoms with Gasteiger partial charge in [-0.05, 0) is 31.9 Å². The maximum atomic E-state index is 13.1. The summed E-state index contributed by atoms with van der Waals surface area (Å²) in [5.74, 6) is -2.18. The Hall–Kier alpha value is -0.970. The maximum Gasteiger partial charge on any atom is 0.248 e. The second-order valence-corrected chi connectivity index (χ2v) is 4.84. The molecule has 0 bridgehead atoms. The topological polar surface area (TPSA) is 29.9 Å². The normalized spacial score (nSPS) is 22.6. The Morgan fingerprint density at radius 1 is 1.47 bits per heavy atom. The van der Waals surface area contributed by atoms with Crippen molar-refractivity contribution in [1.82, 2.24) is 15.1 Å². The van der Waals surface area contributed by atoms with Gasteiger partial charge in [0.15, 0.2) is 0 Å². The summed E-state index contributed by atoms with van der Waals surface area (Å²) in [7, 11) is 3.77. The molecule has 2 rings (SSSR count). The van der Waals surface area contributed by atoms with Gasteiger partial charge in [-0.3, -0.25) is 4.68 Å². The standard InChI is InChI=1S/C12H19F2N3/c1-15-11(10-5-8-16-17(10)2)9-3-6-12(13,14)7-4-9/h5,8-9,11,15H,3-4,6-7H2,1-2H3. The average Bonchev–Trinajstić information content (AvgIpc) is 2.69. The van der Waals surface area contributed by atoms with Gasteiger partial charge >= 0.3 is 0 Å². The van der Waals surface area contributed by atoms with Gasteiger partial charge < -0.3 is 5.32 Å². The van der Waals surface area contributed by atoms with Gasteiger partial charge in [0.1, 0.15) is 0 Å². The van der Waals surface area contributed by atoms with Crippen LogP contribution in [0.1, 0.15) is 37.4 Å². The Bertz CT molecular complexity index is 366. The molecule has 17 heavy (non-hydrogen) atoms. The first-order valence-electron chi connectivity index (χ1n) is 6.06. The van der Waals surface area contributed by atoms with E-state index in [-0.39, 0.29) is 24.8 Å². The molecule has 96 valence electrons. The number of hydrogen-bond donors (Lipinski definition) is 1. The number of aromatic nitrogens is 2. The predicted octanol–water partition coefficient (Wildman–Crippen LogP) is 2.51. The van der Waals surface area contributed by atoms with Crippen molar-refractivity contribution in [1.29, 1.82) is 0 Å². The third kappa shape index (κ3) is 2.65. The highest BCUT2D eigenvalue weighted by molar-refractivity contribution is 5.08. The summed E-state index contributed by atoms with van der Waals surface area (Å²) in [5, 5.41) is 7.37. The smallest absolute Gasteiger partial charge is 0.248 e. The second kappa shape index (κ2) is 4.72. The van der Waals surface area contributed by atoms with E-state index in [0.29, 0.717) is 12.8 Å². The van der Waals surface area contributed by atoms with E-state index in [0.717, 1.165) is 5.69 Å². The van der Waals surface area contributed by atoms with Crippen molar-refractivity contribution in [3.05, 3.63) is 18.0 Å². The number of alkyl halides is 2. The molecule has 1 heterocycles. The lowest BCUT2D eigenvalue weighted by molar-refractivity contribution is -0.0497. The van der Waals surface area contributed by atoms with Crippen LogP contribution in [0, 0.1) is 5.92 Å². The molecule has 0 amide bonds. The fraction of sp³-hybridized carbons (Fsp3) is 0.750. The van der Waals surface area contributed by atoms with Crippen LogP contribution in [0.4, 0.5) is 8.78 Å². The molecule has 0 aromatic carbocycles. The number of aryl methyl sites for hydroxylation is 1. The molecule has 0 saturated heterocycles. The fourth-order valence-corrected chi connectivity index (χ4v) is 2.71. The van der Waals surface area contributed by atoms with Gasteiger partial charge in [0.2, 0.25) is 5.92 Å². The summed E-state index contributed by atoms with van der Waals surface area (Å²) < 4.78 is 28.1. The van der Waals surface area contributed by atoms with Crippen LogP contribution >= 0.6 is 0 Å². The first kappa shape index (κ1) is 12.5. The molecule has 5 heteroatoms. The van der Waals surface area contributed by atoms with E-state index in [1.165, 1.54) is 0 Å². The van der Waals surface area contributed by atoms with Gasteiger partial charge in [-0.15, -0.1) is 0 Å². The molecule has 1 unspecified atom stereocenters. The molecule has 1 aromatic rings. The molecular formula is C12H19F2N3. The van der Waals surface area contributed by atoms with Gasteiger partial charge in [-0.2, -0.15) is 5.10 Å². The maximum absolute atomic E-state index is 13.1. The highest BCUT2D eigenvalue weighted by Crippen LogP contribution is 2.41. The molecule has 1 aliphatic rings. The summed E-state index contributed by atoms with van der Waals surface area (Å²) in [6.07, 6.45) is 2.91. The van der Waals surface area contributed by atoms with Crippen LogP contribution in [0.3, 0.4) is 0 Å². The zero-order valence-electron chi connectivity index (χ0n) is 10.3. The highest BCUT2D eigenvalue weighted by Gasteiger charge is 2.38. The molecule has 0 aliphatic heterocycles. The first-order chi connectivity index (χ1) is 8.03. The van der Waals surface area contributed by atoms with Crippen molar-refractivity contribution in [2.75, 3.05) is 7.05 Å². The molecular weight excluding hydrogens is 224 g/mol. The minimum absolute atomic E-state index is 0.00764. The van der Waals surface area contributed by atoms with E-state index in [2.05, 4.69) is 10.4 Å². The van der Waals surface area contributed by atoms with Gasteiger partial charge in [-0.25, -0.2) is 8.78 Å². The molecule has 0 spiro atoms. The van der Waals surface area contributed by atoms with Gasteiger partial charge in [0.05, 0.1) is 11.7 Å². The van der Waals surface area contributed by atoms with E-state index < -0.39 is 5.92 Å². The molecule has 1 N–H and O–H groups in total. The molecule has 3 nitrogen and oxygen atoms in total. The quantitative estimate of drug-likeness (QED) is 0.884. The van der Waals surface area contributed by atoms with Crippen molar-refractivity contribution in [2.24, 2.45) is 13.0 Å². The molecule has 1 atom stereocenters. The third-order valence-corrected chi connectivity index (χ3v) is 3.72. The fourth-order valence-electron chi connectivity index (χ4n) is 2.71. The van der Waals surface area contributed by atoms with Crippen molar-refractivity contribution < 1.29 is 8.78 Å².